The van der Waals surface area contributed by atoms with E-state index in [1.54, 1.807) is 12.1 Å². The van der Waals surface area contributed by atoms with Gasteiger partial charge in [0.25, 0.3) is 0 Å². The predicted molar refractivity (Wildman–Crippen MR) is 81.8 cm³/mol. The Hall–Kier alpha value is -1.15. The van der Waals surface area contributed by atoms with Gasteiger partial charge in [-0.15, -0.1) is 0 Å². The number of nitrogens with two attached hydrogens (primary N) is 1. The van der Waals surface area contributed by atoms with Crippen LogP contribution in [0.5, 0.6) is 5.75 Å². The molecule has 0 amide bonds. The molecule has 0 aromatic heterocycles. The Labute approximate surface area is 126 Å². The number of piperidine rings is 1. The Morgan fingerprint density at radius 2 is 1.90 bits per heavy atom. The minimum Gasteiger partial charge on any atom is -0.492 e. The summed E-state index contributed by atoms with van der Waals surface area (Å²) in [5.74, 6) is 0.660. The van der Waals surface area contributed by atoms with Crippen molar-refractivity contribution in [1.29, 1.82) is 0 Å². The van der Waals surface area contributed by atoms with Crippen LogP contribution < -0.4 is 15.2 Å². The number of benzene rings is 1. The van der Waals surface area contributed by atoms with Gasteiger partial charge in [0.2, 0.25) is 10.0 Å². The average Bonchev–Trinajstić information content (AvgIpc) is 2.47. The number of nitrogens with one attached hydrogen (secondary N) is 1. The molecular weight excluding hydrogens is 290 g/mol. The normalized spacial score (nSPS) is 17.8. The molecule has 3 N–H and O–H groups in total. The third-order valence-corrected chi connectivity index (χ3v) is 4.75. The number of nitrogens with zero attached hydrogens (tertiary/aromatic N) is 1. The maximum absolute atomic E-state index is 11.1. The van der Waals surface area contributed by atoms with E-state index in [1.807, 2.05) is 7.05 Å². The van der Waals surface area contributed by atoms with Gasteiger partial charge in [-0.1, -0.05) is 0 Å². The van der Waals surface area contributed by atoms with Gasteiger partial charge in [-0.3, -0.25) is 4.90 Å². The topological polar surface area (TPSA) is 84.7 Å². The lowest BCUT2D eigenvalue weighted by Crippen LogP contribution is -2.42. The van der Waals surface area contributed by atoms with Gasteiger partial charge in [0.1, 0.15) is 12.4 Å². The third-order valence-electron chi connectivity index (χ3n) is 3.82. The summed E-state index contributed by atoms with van der Waals surface area (Å²) in [5.41, 5.74) is 0. The zero-order chi connectivity index (χ0) is 15.3. The van der Waals surface area contributed by atoms with Crippen molar-refractivity contribution in [3.05, 3.63) is 24.3 Å². The monoisotopic (exact) mass is 313 g/mol. The first-order valence-electron chi connectivity index (χ1n) is 7.14. The molecule has 0 atom stereocenters. The SMILES string of the molecule is CNC1CCN(CCOc2ccc(S(N)(=O)=O)cc2)CC1. The lowest BCUT2D eigenvalue weighted by molar-refractivity contribution is 0.167. The second kappa shape index (κ2) is 7.22. The average molecular weight is 313 g/mol. The summed E-state index contributed by atoms with van der Waals surface area (Å²) in [6.45, 7) is 3.64. The molecule has 1 aromatic carbocycles. The van der Waals surface area contributed by atoms with Crippen molar-refractivity contribution in [2.24, 2.45) is 5.14 Å². The van der Waals surface area contributed by atoms with Crippen molar-refractivity contribution in [3.8, 4) is 5.75 Å². The van der Waals surface area contributed by atoms with E-state index in [4.69, 9.17) is 9.88 Å². The summed E-state index contributed by atoms with van der Waals surface area (Å²) in [5, 5.41) is 8.35. The number of sulfonamides is 1. The van der Waals surface area contributed by atoms with E-state index in [0.29, 0.717) is 18.4 Å². The summed E-state index contributed by atoms with van der Waals surface area (Å²) in [7, 11) is -1.63. The number of primary sulfonamides is 1. The zero-order valence-corrected chi connectivity index (χ0v) is 13.1. The van der Waals surface area contributed by atoms with Gasteiger partial charge < -0.3 is 10.1 Å². The Bertz CT molecular complexity index is 537. The molecule has 1 saturated heterocycles. The molecular formula is C14H23N3O3S. The molecule has 21 heavy (non-hydrogen) atoms. The van der Waals surface area contributed by atoms with Crippen molar-refractivity contribution in [2.45, 2.75) is 23.8 Å². The molecule has 0 saturated carbocycles. The lowest BCUT2D eigenvalue weighted by atomic mass is 10.1. The minimum absolute atomic E-state index is 0.101. The molecule has 118 valence electrons. The summed E-state index contributed by atoms with van der Waals surface area (Å²) in [4.78, 5) is 2.48. The van der Waals surface area contributed by atoms with Crippen LogP contribution in [0.4, 0.5) is 0 Å². The van der Waals surface area contributed by atoms with E-state index in [0.717, 1.165) is 19.6 Å². The molecule has 0 spiro atoms. The van der Waals surface area contributed by atoms with Gasteiger partial charge in [0.15, 0.2) is 0 Å². The molecule has 1 aromatic rings. The molecule has 1 heterocycles. The summed E-state index contributed by atoms with van der Waals surface area (Å²) < 4.78 is 27.9. The van der Waals surface area contributed by atoms with Gasteiger partial charge in [0, 0.05) is 12.6 Å². The highest BCUT2D eigenvalue weighted by molar-refractivity contribution is 7.89. The minimum atomic E-state index is -3.63. The van der Waals surface area contributed by atoms with Crippen LogP contribution in [0.15, 0.2) is 29.2 Å². The number of hydrogen-bond donors (Lipinski definition) is 2. The van der Waals surface area contributed by atoms with Crippen molar-refractivity contribution in [3.63, 3.8) is 0 Å². The highest BCUT2D eigenvalue weighted by Crippen LogP contribution is 2.15. The quantitative estimate of drug-likeness (QED) is 0.794. The van der Waals surface area contributed by atoms with Gasteiger partial charge in [-0.25, -0.2) is 13.6 Å². The number of rotatable bonds is 6. The van der Waals surface area contributed by atoms with Crippen LogP contribution in [0.3, 0.4) is 0 Å². The molecule has 0 radical (unpaired) electrons. The fraction of sp³-hybridized carbons (Fsp3) is 0.571. The summed E-state index contributed by atoms with van der Waals surface area (Å²) in [6.07, 6.45) is 2.33. The molecule has 1 fully saturated rings. The fourth-order valence-corrected chi connectivity index (χ4v) is 2.98. The number of ether oxygens (including phenoxy) is 1. The summed E-state index contributed by atoms with van der Waals surface area (Å²) in [6, 6.07) is 6.82. The number of hydrogen-bond acceptors (Lipinski definition) is 5. The highest BCUT2D eigenvalue weighted by Gasteiger charge is 2.17. The van der Waals surface area contributed by atoms with Gasteiger partial charge in [-0.05, 0) is 57.2 Å². The van der Waals surface area contributed by atoms with Crippen LogP contribution >= 0.6 is 0 Å². The Morgan fingerprint density at radius 3 is 2.43 bits per heavy atom. The maximum Gasteiger partial charge on any atom is 0.238 e. The van der Waals surface area contributed by atoms with Crippen LogP contribution in [-0.2, 0) is 10.0 Å². The molecule has 6 nitrogen and oxygen atoms in total. The zero-order valence-electron chi connectivity index (χ0n) is 12.3. The second-order valence-electron chi connectivity index (χ2n) is 5.27. The molecule has 0 aliphatic carbocycles. The predicted octanol–water partition coefficient (Wildman–Crippen LogP) is 0.397. The second-order valence-corrected chi connectivity index (χ2v) is 6.83. The van der Waals surface area contributed by atoms with Crippen LogP contribution in [-0.4, -0.2) is 52.6 Å². The summed E-state index contributed by atoms with van der Waals surface area (Å²) >= 11 is 0. The molecule has 1 aliphatic heterocycles. The van der Waals surface area contributed by atoms with Crippen LogP contribution in [0.2, 0.25) is 0 Å². The molecule has 1 aliphatic rings. The number of likely N-dealkylation sites (tertiary alicyclic amines) is 1. The first-order valence-corrected chi connectivity index (χ1v) is 8.69. The van der Waals surface area contributed by atoms with E-state index in [2.05, 4.69) is 10.2 Å². The fourth-order valence-electron chi connectivity index (χ4n) is 2.46. The highest BCUT2D eigenvalue weighted by atomic mass is 32.2. The van der Waals surface area contributed by atoms with Crippen LogP contribution in [0.25, 0.3) is 0 Å². The molecule has 2 rings (SSSR count). The van der Waals surface area contributed by atoms with E-state index in [1.165, 1.54) is 25.0 Å². The first kappa shape index (κ1) is 16.2. The third kappa shape index (κ3) is 4.96. The maximum atomic E-state index is 11.1. The van der Waals surface area contributed by atoms with E-state index >= 15 is 0 Å². The Morgan fingerprint density at radius 1 is 1.29 bits per heavy atom. The van der Waals surface area contributed by atoms with Gasteiger partial charge in [0.05, 0.1) is 4.90 Å². The molecule has 0 bridgehead atoms. The largest absolute Gasteiger partial charge is 0.492 e. The molecule has 0 unspecified atom stereocenters. The smallest absolute Gasteiger partial charge is 0.238 e. The lowest BCUT2D eigenvalue weighted by Gasteiger charge is -2.31. The van der Waals surface area contributed by atoms with Crippen molar-refractivity contribution in [2.75, 3.05) is 33.3 Å². The Balaban J connectivity index is 1.74. The van der Waals surface area contributed by atoms with Crippen molar-refractivity contribution >= 4 is 10.0 Å². The van der Waals surface area contributed by atoms with E-state index in [-0.39, 0.29) is 4.90 Å². The first-order chi connectivity index (χ1) is 9.99. The van der Waals surface area contributed by atoms with Crippen LogP contribution in [0, 0.1) is 0 Å². The van der Waals surface area contributed by atoms with Crippen molar-refractivity contribution in [1.82, 2.24) is 10.2 Å². The Kier molecular flexibility index (Phi) is 5.58. The van der Waals surface area contributed by atoms with Crippen molar-refractivity contribution < 1.29 is 13.2 Å². The van der Waals surface area contributed by atoms with Crippen LogP contribution in [0.1, 0.15) is 12.8 Å². The van der Waals surface area contributed by atoms with Gasteiger partial charge >= 0.3 is 0 Å². The van der Waals surface area contributed by atoms with E-state index < -0.39 is 10.0 Å². The molecule has 7 heteroatoms. The van der Waals surface area contributed by atoms with Gasteiger partial charge in [-0.2, -0.15) is 0 Å². The van der Waals surface area contributed by atoms with E-state index in [9.17, 15) is 8.42 Å². The standard InChI is InChI=1S/C14H23N3O3S/c1-16-12-6-8-17(9-7-12)10-11-20-13-2-4-14(5-3-13)21(15,18)19/h2-5,12,16H,6-11H2,1H3,(H2,15,18,19).